The quantitative estimate of drug-likeness (QED) is 0.844. The number of hydrogen-bond acceptors (Lipinski definition) is 3. The molecular formula is C18H24FNO3. The van der Waals surface area contributed by atoms with Gasteiger partial charge in [-0.15, -0.1) is 0 Å². The van der Waals surface area contributed by atoms with Crippen LogP contribution in [0, 0.1) is 11.7 Å². The predicted molar refractivity (Wildman–Crippen MR) is 84.5 cm³/mol. The minimum Gasteiger partial charge on any atom is -0.396 e. The van der Waals surface area contributed by atoms with E-state index in [1.54, 1.807) is 6.07 Å². The molecule has 5 heteroatoms. The average molecular weight is 321 g/mol. The molecule has 23 heavy (non-hydrogen) atoms. The number of nitrogens with one attached hydrogen (secondary N) is 1. The van der Waals surface area contributed by atoms with E-state index in [9.17, 15) is 14.3 Å². The van der Waals surface area contributed by atoms with E-state index in [0.717, 1.165) is 18.4 Å². The van der Waals surface area contributed by atoms with Crippen LogP contribution in [0.4, 0.5) is 4.39 Å². The lowest BCUT2D eigenvalue weighted by molar-refractivity contribution is -0.131. The zero-order chi connectivity index (χ0) is 16.3. The summed E-state index contributed by atoms with van der Waals surface area (Å²) in [6.07, 6.45) is 3.88. The molecule has 1 aliphatic heterocycles. The SMILES string of the molecule is O=C(NC(CCO)C1CC1)C1(c2cccc(F)c2)CCOCC1. The second-order valence-corrected chi connectivity index (χ2v) is 6.63. The first-order valence-electron chi connectivity index (χ1n) is 8.41. The van der Waals surface area contributed by atoms with Crippen molar-refractivity contribution in [2.45, 2.75) is 43.6 Å². The lowest BCUT2D eigenvalue weighted by atomic mass is 9.73. The fourth-order valence-corrected chi connectivity index (χ4v) is 3.52. The Bertz CT molecular complexity index is 553. The third-order valence-electron chi connectivity index (χ3n) is 5.11. The van der Waals surface area contributed by atoms with Crippen molar-refractivity contribution in [2.24, 2.45) is 5.92 Å². The zero-order valence-corrected chi connectivity index (χ0v) is 13.3. The van der Waals surface area contributed by atoms with E-state index in [0.29, 0.717) is 38.4 Å². The van der Waals surface area contributed by atoms with Gasteiger partial charge in [-0.1, -0.05) is 12.1 Å². The van der Waals surface area contributed by atoms with Crippen LogP contribution in [-0.2, 0) is 14.9 Å². The summed E-state index contributed by atoms with van der Waals surface area (Å²) in [5, 5.41) is 12.4. The third-order valence-corrected chi connectivity index (χ3v) is 5.11. The normalized spacial score (nSPS) is 21.7. The van der Waals surface area contributed by atoms with E-state index in [2.05, 4.69) is 5.32 Å². The smallest absolute Gasteiger partial charge is 0.231 e. The molecule has 2 fully saturated rings. The molecule has 126 valence electrons. The van der Waals surface area contributed by atoms with Gasteiger partial charge in [-0.3, -0.25) is 4.79 Å². The number of aliphatic hydroxyl groups excluding tert-OH is 1. The van der Waals surface area contributed by atoms with Crippen molar-refractivity contribution in [3.8, 4) is 0 Å². The lowest BCUT2D eigenvalue weighted by Gasteiger charge is -2.37. The van der Waals surface area contributed by atoms with Crippen LogP contribution in [0.2, 0.25) is 0 Å². The van der Waals surface area contributed by atoms with Gasteiger partial charge in [0.15, 0.2) is 0 Å². The number of halogens is 1. The Morgan fingerprint density at radius 2 is 2.13 bits per heavy atom. The Hall–Kier alpha value is -1.46. The maximum absolute atomic E-state index is 13.7. The molecule has 1 amide bonds. The van der Waals surface area contributed by atoms with E-state index < -0.39 is 5.41 Å². The standard InChI is InChI=1S/C18H24FNO3/c19-15-3-1-2-14(12-15)18(7-10-23-11-8-18)17(22)20-16(6-9-21)13-4-5-13/h1-3,12-13,16,21H,4-11H2,(H,20,22). The average Bonchev–Trinajstić information content (AvgIpc) is 3.40. The molecule has 1 aromatic rings. The molecule has 0 radical (unpaired) electrons. The van der Waals surface area contributed by atoms with E-state index in [4.69, 9.17) is 4.74 Å². The fraction of sp³-hybridized carbons (Fsp3) is 0.611. The Kier molecular flexibility index (Phi) is 4.97. The number of rotatable bonds is 6. The van der Waals surface area contributed by atoms with Crippen LogP contribution in [0.5, 0.6) is 0 Å². The van der Waals surface area contributed by atoms with Crippen LogP contribution in [0.3, 0.4) is 0 Å². The molecule has 0 bridgehead atoms. The largest absolute Gasteiger partial charge is 0.396 e. The van der Waals surface area contributed by atoms with Crippen molar-refractivity contribution >= 4 is 5.91 Å². The lowest BCUT2D eigenvalue weighted by Crippen LogP contribution is -2.51. The van der Waals surface area contributed by atoms with E-state index in [1.807, 2.05) is 6.07 Å². The number of hydrogen-bond donors (Lipinski definition) is 2. The first-order chi connectivity index (χ1) is 11.2. The summed E-state index contributed by atoms with van der Waals surface area (Å²) in [5.74, 6) is 0.0857. The third kappa shape index (κ3) is 3.56. The van der Waals surface area contributed by atoms with Crippen molar-refractivity contribution in [3.05, 3.63) is 35.6 Å². The molecule has 2 N–H and O–H groups in total. The highest BCUT2D eigenvalue weighted by molar-refractivity contribution is 5.88. The maximum atomic E-state index is 13.7. The molecule has 3 rings (SSSR count). The first-order valence-corrected chi connectivity index (χ1v) is 8.41. The molecule has 0 spiro atoms. The summed E-state index contributed by atoms with van der Waals surface area (Å²) in [6.45, 7) is 1.06. The molecule has 1 aliphatic carbocycles. The summed E-state index contributed by atoms with van der Waals surface area (Å²) in [5.41, 5.74) is -0.0139. The van der Waals surface area contributed by atoms with Gasteiger partial charge in [0.1, 0.15) is 5.82 Å². The number of carbonyl (C=O) groups excluding carboxylic acids is 1. The molecule has 2 aliphatic rings. The summed E-state index contributed by atoms with van der Waals surface area (Å²) in [6, 6.07) is 6.35. The van der Waals surface area contributed by atoms with Gasteiger partial charge < -0.3 is 15.2 Å². The highest BCUT2D eigenvalue weighted by atomic mass is 19.1. The zero-order valence-electron chi connectivity index (χ0n) is 13.3. The monoisotopic (exact) mass is 321 g/mol. The molecule has 1 saturated heterocycles. The molecule has 4 nitrogen and oxygen atoms in total. The summed E-state index contributed by atoms with van der Waals surface area (Å²) >= 11 is 0. The van der Waals surface area contributed by atoms with Gasteiger partial charge in [-0.05, 0) is 55.7 Å². The number of benzene rings is 1. The first kappa shape index (κ1) is 16.4. The molecule has 1 atom stereocenters. The van der Waals surface area contributed by atoms with Crippen LogP contribution in [-0.4, -0.2) is 36.9 Å². The van der Waals surface area contributed by atoms with Crippen molar-refractivity contribution in [3.63, 3.8) is 0 Å². The van der Waals surface area contributed by atoms with Gasteiger partial charge in [-0.2, -0.15) is 0 Å². The summed E-state index contributed by atoms with van der Waals surface area (Å²) < 4.78 is 19.1. The van der Waals surface area contributed by atoms with E-state index >= 15 is 0 Å². The fourth-order valence-electron chi connectivity index (χ4n) is 3.52. The minimum atomic E-state index is -0.733. The Balaban J connectivity index is 1.84. The topological polar surface area (TPSA) is 58.6 Å². The van der Waals surface area contributed by atoms with Gasteiger partial charge in [0.05, 0.1) is 5.41 Å². The summed E-state index contributed by atoms with van der Waals surface area (Å²) in [4.78, 5) is 13.1. The van der Waals surface area contributed by atoms with Gasteiger partial charge >= 0.3 is 0 Å². The van der Waals surface area contributed by atoms with Gasteiger partial charge in [0.2, 0.25) is 5.91 Å². The number of amides is 1. The van der Waals surface area contributed by atoms with Crippen LogP contribution in [0.25, 0.3) is 0 Å². The van der Waals surface area contributed by atoms with Gasteiger partial charge in [0, 0.05) is 25.9 Å². The molecule has 1 heterocycles. The van der Waals surface area contributed by atoms with Crippen LogP contribution >= 0.6 is 0 Å². The van der Waals surface area contributed by atoms with Gasteiger partial charge in [0.25, 0.3) is 0 Å². The van der Waals surface area contributed by atoms with Crippen molar-refractivity contribution in [2.75, 3.05) is 19.8 Å². The number of aliphatic hydroxyl groups is 1. The molecular weight excluding hydrogens is 297 g/mol. The second-order valence-electron chi connectivity index (χ2n) is 6.63. The van der Waals surface area contributed by atoms with E-state index in [1.165, 1.54) is 12.1 Å². The second kappa shape index (κ2) is 6.97. The van der Waals surface area contributed by atoms with Crippen LogP contribution in [0.1, 0.15) is 37.7 Å². The number of ether oxygens (including phenoxy) is 1. The minimum absolute atomic E-state index is 0.0146. The Morgan fingerprint density at radius 1 is 1.39 bits per heavy atom. The Labute approximate surface area is 136 Å². The molecule has 0 aromatic heterocycles. The van der Waals surface area contributed by atoms with Gasteiger partial charge in [-0.25, -0.2) is 4.39 Å². The van der Waals surface area contributed by atoms with Crippen LogP contribution < -0.4 is 5.32 Å². The van der Waals surface area contributed by atoms with Crippen molar-refractivity contribution in [1.82, 2.24) is 5.32 Å². The summed E-state index contributed by atoms with van der Waals surface area (Å²) in [7, 11) is 0. The Morgan fingerprint density at radius 3 is 2.74 bits per heavy atom. The maximum Gasteiger partial charge on any atom is 0.231 e. The highest BCUT2D eigenvalue weighted by Gasteiger charge is 2.44. The van der Waals surface area contributed by atoms with E-state index in [-0.39, 0.29) is 24.4 Å². The number of carbonyl (C=O) groups is 1. The van der Waals surface area contributed by atoms with Crippen molar-refractivity contribution in [1.29, 1.82) is 0 Å². The van der Waals surface area contributed by atoms with Crippen molar-refractivity contribution < 1.29 is 19.0 Å². The molecule has 1 unspecified atom stereocenters. The highest BCUT2D eigenvalue weighted by Crippen LogP contribution is 2.38. The molecule has 1 saturated carbocycles. The van der Waals surface area contributed by atoms with Crippen LogP contribution in [0.15, 0.2) is 24.3 Å². The predicted octanol–water partition coefficient (Wildman–Crippen LogP) is 2.15. The molecule has 1 aromatic carbocycles.